The zero-order chi connectivity index (χ0) is 11.4. The van der Waals surface area contributed by atoms with Crippen LogP contribution in [0.4, 0.5) is 4.39 Å². The summed E-state index contributed by atoms with van der Waals surface area (Å²) in [6.45, 7) is 4.36. The molecule has 0 aliphatic heterocycles. The fourth-order valence-corrected chi connectivity index (χ4v) is 2.28. The molecular formula is C12H17BrFN. The maximum absolute atomic E-state index is 12.9. The molecule has 0 fully saturated rings. The van der Waals surface area contributed by atoms with Crippen LogP contribution in [0.15, 0.2) is 22.7 Å². The summed E-state index contributed by atoms with van der Waals surface area (Å²) in [5.74, 6) is 0.407. The summed E-state index contributed by atoms with van der Waals surface area (Å²) in [6, 6.07) is 5.13. The molecule has 1 N–H and O–H groups in total. The van der Waals surface area contributed by atoms with Crippen molar-refractivity contribution in [3.05, 3.63) is 34.1 Å². The Morgan fingerprint density at radius 2 is 2.07 bits per heavy atom. The highest BCUT2D eigenvalue weighted by Crippen LogP contribution is 2.28. The first-order valence-electron chi connectivity index (χ1n) is 5.16. The third kappa shape index (κ3) is 3.58. The highest BCUT2D eigenvalue weighted by molar-refractivity contribution is 9.10. The third-order valence-electron chi connectivity index (χ3n) is 2.39. The van der Waals surface area contributed by atoms with Gasteiger partial charge in [0.1, 0.15) is 5.82 Å². The van der Waals surface area contributed by atoms with Crippen LogP contribution in [0.2, 0.25) is 0 Å². The van der Waals surface area contributed by atoms with Gasteiger partial charge in [0.15, 0.2) is 0 Å². The van der Waals surface area contributed by atoms with Crippen molar-refractivity contribution in [2.75, 3.05) is 7.05 Å². The Morgan fingerprint density at radius 3 is 2.53 bits per heavy atom. The van der Waals surface area contributed by atoms with Crippen LogP contribution < -0.4 is 5.32 Å². The van der Waals surface area contributed by atoms with Crippen LogP contribution in [-0.2, 0) is 0 Å². The van der Waals surface area contributed by atoms with Crippen molar-refractivity contribution in [3.8, 4) is 0 Å². The maximum Gasteiger partial charge on any atom is 0.124 e. The zero-order valence-electron chi connectivity index (χ0n) is 9.35. The van der Waals surface area contributed by atoms with Crippen molar-refractivity contribution in [3.63, 3.8) is 0 Å². The van der Waals surface area contributed by atoms with Crippen LogP contribution in [0.5, 0.6) is 0 Å². The second-order valence-electron chi connectivity index (χ2n) is 4.14. The van der Waals surface area contributed by atoms with Crippen LogP contribution in [0.1, 0.15) is 31.9 Å². The van der Waals surface area contributed by atoms with E-state index in [0.29, 0.717) is 5.92 Å². The van der Waals surface area contributed by atoms with Crippen LogP contribution in [0, 0.1) is 11.7 Å². The predicted molar refractivity (Wildman–Crippen MR) is 65.4 cm³/mol. The smallest absolute Gasteiger partial charge is 0.124 e. The van der Waals surface area contributed by atoms with Crippen molar-refractivity contribution in [1.29, 1.82) is 0 Å². The molecule has 0 bridgehead atoms. The lowest BCUT2D eigenvalue weighted by Crippen LogP contribution is -2.18. The molecule has 1 aromatic rings. The van der Waals surface area contributed by atoms with E-state index in [1.54, 1.807) is 0 Å². The van der Waals surface area contributed by atoms with Crippen molar-refractivity contribution in [2.24, 2.45) is 5.92 Å². The first kappa shape index (κ1) is 12.7. The Morgan fingerprint density at radius 1 is 1.40 bits per heavy atom. The van der Waals surface area contributed by atoms with E-state index in [1.807, 2.05) is 13.1 Å². The zero-order valence-corrected chi connectivity index (χ0v) is 10.9. The molecule has 3 heteroatoms. The summed E-state index contributed by atoms with van der Waals surface area (Å²) in [7, 11) is 1.93. The maximum atomic E-state index is 12.9. The molecule has 15 heavy (non-hydrogen) atoms. The second-order valence-corrected chi connectivity index (χ2v) is 4.99. The van der Waals surface area contributed by atoms with Gasteiger partial charge in [-0.05, 0) is 37.1 Å². The van der Waals surface area contributed by atoms with E-state index >= 15 is 0 Å². The highest BCUT2D eigenvalue weighted by Gasteiger charge is 2.14. The lowest BCUT2D eigenvalue weighted by molar-refractivity contribution is 0.455. The summed E-state index contributed by atoms with van der Waals surface area (Å²) in [6.07, 6.45) is 1.04. The molecule has 0 saturated carbocycles. The highest BCUT2D eigenvalue weighted by atomic mass is 79.9. The molecule has 0 radical (unpaired) electrons. The van der Waals surface area contributed by atoms with Gasteiger partial charge in [-0.1, -0.05) is 35.8 Å². The van der Waals surface area contributed by atoms with E-state index in [0.717, 1.165) is 16.5 Å². The van der Waals surface area contributed by atoms with Gasteiger partial charge >= 0.3 is 0 Å². The largest absolute Gasteiger partial charge is 0.313 e. The number of benzene rings is 1. The SMILES string of the molecule is CNC(CC(C)C)c1ccc(F)cc1Br. The van der Waals surface area contributed by atoms with Gasteiger partial charge in [-0.3, -0.25) is 0 Å². The van der Waals surface area contributed by atoms with Gasteiger partial charge in [-0.2, -0.15) is 0 Å². The van der Waals surface area contributed by atoms with Crippen molar-refractivity contribution >= 4 is 15.9 Å². The van der Waals surface area contributed by atoms with E-state index in [-0.39, 0.29) is 11.9 Å². The van der Waals surface area contributed by atoms with Gasteiger partial charge in [-0.25, -0.2) is 4.39 Å². The summed E-state index contributed by atoms with van der Waals surface area (Å²) in [5.41, 5.74) is 1.12. The molecule has 0 heterocycles. The molecular weight excluding hydrogens is 257 g/mol. The quantitative estimate of drug-likeness (QED) is 0.878. The minimum Gasteiger partial charge on any atom is -0.313 e. The van der Waals surface area contributed by atoms with Crippen molar-refractivity contribution in [2.45, 2.75) is 26.3 Å². The van der Waals surface area contributed by atoms with Crippen LogP contribution >= 0.6 is 15.9 Å². The Labute approximate surface area is 99.2 Å². The Hall–Kier alpha value is -0.410. The average molecular weight is 274 g/mol. The molecule has 0 aromatic heterocycles. The monoisotopic (exact) mass is 273 g/mol. The molecule has 1 aromatic carbocycles. The summed E-state index contributed by atoms with van der Waals surface area (Å²) in [5, 5.41) is 3.26. The average Bonchev–Trinajstić information content (AvgIpc) is 2.14. The lowest BCUT2D eigenvalue weighted by atomic mass is 9.97. The third-order valence-corrected chi connectivity index (χ3v) is 3.08. The number of nitrogens with one attached hydrogen (secondary N) is 1. The number of halogens is 2. The molecule has 1 atom stereocenters. The van der Waals surface area contributed by atoms with Crippen LogP contribution in [0.25, 0.3) is 0 Å². The second kappa shape index (κ2) is 5.61. The van der Waals surface area contributed by atoms with E-state index in [2.05, 4.69) is 35.1 Å². The molecule has 0 amide bonds. The van der Waals surface area contributed by atoms with Crippen molar-refractivity contribution in [1.82, 2.24) is 5.32 Å². The lowest BCUT2D eigenvalue weighted by Gasteiger charge is -2.20. The minimum atomic E-state index is -0.204. The van der Waals surface area contributed by atoms with Crippen molar-refractivity contribution < 1.29 is 4.39 Å². The summed E-state index contributed by atoms with van der Waals surface area (Å²) in [4.78, 5) is 0. The van der Waals surface area contributed by atoms with E-state index in [9.17, 15) is 4.39 Å². The van der Waals surface area contributed by atoms with Crippen LogP contribution in [-0.4, -0.2) is 7.05 Å². The van der Waals surface area contributed by atoms with Gasteiger partial charge in [0.05, 0.1) is 0 Å². The normalized spacial score (nSPS) is 13.2. The number of hydrogen-bond acceptors (Lipinski definition) is 1. The van der Waals surface area contributed by atoms with Gasteiger partial charge in [-0.15, -0.1) is 0 Å². The van der Waals surface area contributed by atoms with E-state index in [1.165, 1.54) is 12.1 Å². The molecule has 0 aliphatic rings. The fourth-order valence-electron chi connectivity index (χ4n) is 1.66. The number of rotatable bonds is 4. The number of hydrogen-bond donors (Lipinski definition) is 1. The van der Waals surface area contributed by atoms with Gasteiger partial charge in [0.2, 0.25) is 0 Å². The Kier molecular flexibility index (Phi) is 4.74. The standard InChI is InChI=1S/C12H17BrFN/c1-8(2)6-12(15-3)10-5-4-9(14)7-11(10)13/h4-5,7-8,12,15H,6H2,1-3H3. The fraction of sp³-hybridized carbons (Fsp3) is 0.500. The molecule has 1 rings (SSSR count). The van der Waals surface area contributed by atoms with Gasteiger partial charge < -0.3 is 5.32 Å². The Bertz CT molecular complexity index is 325. The molecule has 0 aliphatic carbocycles. The van der Waals surface area contributed by atoms with Gasteiger partial charge in [0, 0.05) is 10.5 Å². The topological polar surface area (TPSA) is 12.0 Å². The predicted octanol–water partition coefficient (Wildman–Crippen LogP) is 3.89. The summed E-state index contributed by atoms with van der Waals surface area (Å²) < 4.78 is 13.8. The first-order chi connectivity index (χ1) is 7.04. The van der Waals surface area contributed by atoms with E-state index in [4.69, 9.17) is 0 Å². The van der Waals surface area contributed by atoms with Gasteiger partial charge in [0.25, 0.3) is 0 Å². The first-order valence-corrected chi connectivity index (χ1v) is 5.96. The molecule has 0 saturated heterocycles. The van der Waals surface area contributed by atoms with Crippen LogP contribution in [0.3, 0.4) is 0 Å². The minimum absolute atomic E-state index is 0.204. The molecule has 1 nitrogen and oxygen atoms in total. The Balaban J connectivity index is 2.91. The summed E-state index contributed by atoms with van der Waals surface area (Å²) >= 11 is 3.40. The molecule has 84 valence electrons. The molecule has 1 unspecified atom stereocenters. The van der Waals surface area contributed by atoms with E-state index < -0.39 is 0 Å². The molecule has 0 spiro atoms.